The number of aliphatic carboxylic acids is 1. The molecule has 0 amide bonds. The van der Waals surface area contributed by atoms with Gasteiger partial charge in [0.2, 0.25) is 0 Å². The minimum Gasteiger partial charge on any atom is -0.489 e. The third kappa shape index (κ3) is 4.37. The highest BCUT2D eigenvalue weighted by atomic mass is 16.5. The van der Waals surface area contributed by atoms with E-state index in [1.54, 1.807) is 12.3 Å². The average Bonchev–Trinajstić information content (AvgIpc) is 2.47. The van der Waals surface area contributed by atoms with Gasteiger partial charge >= 0.3 is 5.97 Å². The average molecular weight is 275 g/mol. The van der Waals surface area contributed by atoms with Gasteiger partial charge < -0.3 is 9.84 Å². The smallest absolute Gasteiger partial charge is 0.328 e. The van der Waals surface area contributed by atoms with Crippen LogP contribution in [0.2, 0.25) is 0 Å². The maximum atomic E-state index is 10.4. The molecular formula is C16H21NO3. The number of carbonyl (C=O) groups is 1. The Morgan fingerprint density at radius 1 is 1.50 bits per heavy atom. The normalized spacial score (nSPS) is 22.9. The molecule has 4 heteroatoms. The molecule has 108 valence electrons. The molecule has 4 nitrogen and oxygen atoms in total. The Hall–Kier alpha value is -1.84. The molecule has 20 heavy (non-hydrogen) atoms. The molecule has 2 atom stereocenters. The van der Waals surface area contributed by atoms with Gasteiger partial charge in [-0.25, -0.2) is 4.79 Å². The van der Waals surface area contributed by atoms with E-state index in [1.165, 1.54) is 25.3 Å². The lowest BCUT2D eigenvalue weighted by molar-refractivity contribution is -0.131. The van der Waals surface area contributed by atoms with Crippen molar-refractivity contribution >= 4 is 12.0 Å². The van der Waals surface area contributed by atoms with Gasteiger partial charge in [0.25, 0.3) is 0 Å². The van der Waals surface area contributed by atoms with Crippen molar-refractivity contribution in [2.24, 2.45) is 5.92 Å². The van der Waals surface area contributed by atoms with Gasteiger partial charge in [-0.2, -0.15) is 0 Å². The zero-order chi connectivity index (χ0) is 14.4. The fourth-order valence-electron chi connectivity index (χ4n) is 2.63. The van der Waals surface area contributed by atoms with E-state index in [0.29, 0.717) is 5.69 Å². The van der Waals surface area contributed by atoms with Gasteiger partial charge in [-0.1, -0.05) is 19.8 Å². The summed E-state index contributed by atoms with van der Waals surface area (Å²) in [4.78, 5) is 14.6. The number of rotatable bonds is 5. The molecule has 1 aromatic rings. The predicted molar refractivity (Wildman–Crippen MR) is 77.6 cm³/mol. The molecule has 1 fully saturated rings. The summed E-state index contributed by atoms with van der Waals surface area (Å²) in [6.07, 6.45) is 10.5. The second-order valence-electron chi connectivity index (χ2n) is 5.27. The summed E-state index contributed by atoms with van der Waals surface area (Å²) in [6.45, 7) is 2.23. The SMILES string of the molecule is CCC1CCCC(Oc2ccc(/C=C/C(=O)O)nc2)C1. The molecule has 1 aromatic heterocycles. The summed E-state index contributed by atoms with van der Waals surface area (Å²) in [5, 5.41) is 8.55. The van der Waals surface area contributed by atoms with E-state index in [1.807, 2.05) is 6.07 Å². The van der Waals surface area contributed by atoms with Crippen molar-refractivity contribution in [3.63, 3.8) is 0 Å². The van der Waals surface area contributed by atoms with Crippen LogP contribution in [0, 0.1) is 5.92 Å². The lowest BCUT2D eigenvalue weighted by Crippen LogP contribution is -2.25. The van der Waals surface area contributed by atoms with Crippen molar-refractivity contribution in [1.82, 2.24) is 4.98 Å². The molecule has 1 aliphatic rings. The van der Waals surface area contributed by atoms with Crippen molar-refractivity contribution in [1.29, 1.82) is 0 Å². The van der Waals surface area contributed by atoms with Gasteiger partial charge in [0.1, 0.15) is 5.75 Å². The number of carboxylic acid groups (broad SMARTS) is 1. The first-order valence-electron chi connectivity index (χ1n) is 7.21. The van der Waals surface area contributed by atoms with E-state index in [-0.39, 0.29) is 6.10 Å². The molecular weight excluding hydrogens is 254 g/mol. The Morgan fingerprint density at radius 2 is 2.35 bits per heavy atom. The molecule has 0 spiro atoms. The Balaban J connectivity index is 1.91. The molecule has 1 aliphatic carbocycles. The number of pyridine rings is 1. The van der Waals surface area contributed by atoms with Gasteiger partial charge in [0.05, 0.1) is 18.0 Å². The number of hydrogen-bond donors (Lipinski definition) is 1. The van der Waals surface area contributed by atoms with E-state index >= 15 is 0 Å². The van der Waals surface area contributed by atoms with Crippen LogP contribution >= 0.6 is 0 Å². The fraction of sp³-hybridized carbons (Fsp3) is 0.500. The maximum Gasteiger partial charge on any atom is 0.328 e. The van der Waals surface area contributed by atoms with Crippen molar-refractivity contribution in [2.45, 2.75) is 45.1 Å². The molecule has 2 rings (SSSR count). The third-order valence-corrected chi connectivity index (χ3v) is 3.77. The molecule has 0 aromatic carbocycles. The second-order valence-corrected chi connectivity index (χ2v) is 5.27. The molecule has 1 heterocycles. The Kier molecular flexibility index (Phi) is 5.16. The van der Waals surface area contributed by atoms with Crippen LogP contribution in [-0.4, -0.2) is 22.2 Å². The van der Waals surface area contributed by atoms with Crippen LogP contribution in [0.4, 0.5) is 0 Å². The standard InChI is InChI=1S/C16H21NO3/c1-2-12-4-3-5-14(10-12)20-15-8-6-13(17-11-15)7-9-16(18)19/h6-9,11-12,14H,2-5,10H2,1H3,(H,18,19)/b9-7+. The van der Waals surface area contributed by atoms with Crippen molar-refractivity contribution < 1.29 is 14.6 Å². The van der Waals surface area contributed by atoms with Crippen LogP contribution in [0.3, 0.4) is 0 Å². The topological polar surface area (TPSA) is 59.4 Å². The highest BCUT2D eigenvalue weighted by molar-refractivity contribution is 5.84. The van der Waals surface area contributed by atoms with Gasteiger partial charge in [0, 0.05) is 6.08 Å². The largest absolute Gasteiger partial charge is 0.489 e. The van der Waals surface area contributed by atoms with Crippen LogP contribution in [0.25, 0.3) is 6.08 Å². The van der Waals surface area contributed by atoms with E-state index in [2.05, 4.69) is 11.9 Å². The van der Waals surface area contributed by atoms with Gasteiger partial charge in [-0.15, -0.1) is 0 Å². The second kappa shape index (κ2) is 7.08. The van der Waals surface area contributed by atoms with E-state index in [4.69, 9.17) is 9.84 Å². The first kappa shape index (κ1) is 14.6. The third-order valence-electron chi connectivity index (χ3n) is 3.77. The minimum atomic E-state index is -0.972. The predicted octanol–water partition coefficient (Wildman–Crippen LogP) is 3.53. The van der Waals surface area contributed by atoms with Crippen molar-refractivity contribution in [3.8, 4) is 5.75 Å². The number of aromatic nitrogens is 1. The fourth-order valence-corrected chi connectivity index (χ4v) is 2.63. The summed E-state index contributed by atoms with van der Waals surface area (Å²) in [6, 6.07) is 3.62. The Morgan fingerprint density at radius 3 is 3.00 bits per heavy atom. The van der Waals surface area contributed by atoms with Gasteiger partial charge in [-0.3, -0.25) is 4.98 Å². The molecule has 0 radical (unpaired) electrons. The quantitative estimate of drug-likeness (QED) is 0.835. The van der Waals surface area contributed by atoms with E-state index in [9.17, 15) is 4.79 Å². The van der Waals surface area contributed by atoms with E-state index < -0.39 is 5.97 Å². The highest BCUT2D eigenvalue weighted by Gasteiger charge is 2.21. The lowest BCUT2D eigenvalue weighted by atomic mass is 9.85. The van der Waals surface area contributed by atoms with E-state index in [0.717, 1.165) is 30.6 Å². The summed E-state index contributed by atoms with van der Waals surface area (Å²) in [7, 11) is 0. The molecule has 0 aliphatic heterocycles. The first-order valence-corrected chi connectivity index (χ1v) is 7.21. The Bertz CT molecular complexity index is 467. The summed E-state index contributed by atoms with van der Waals surface area (Å²) in [5.41, 5.74) is 0.620. The van der Waals surface area contributed by atoms with Gasteiger partial charge in [-0.05, 0) is 43.4 Å². The first-order chi connectivity index (χ1) is 9.67. The lowest BCUT2D eigenvalue weighted by Gasteiger charge is -2.28. The minimum absolute atomic E-state index is 0.288. The van der Waals surface area contributed by atoms with Crippen LogP contribution in [0.1, 0.15) is 44.7 Å². The molecule has 1 N–H and O–H groups in total. The molecule has 1 saturated carbocycles. The van der Waals surface area contributed by atoms with Crippen molar-refractivity contribution in [2.75, 3.05) is 0 Å². The number of nitrogens with zero attached hydrogens (tertiary/aromatic N) is 1. The summed E-state index contributed by atoms with van der Waals surface area (Å²) < 4.78 is 5.97. The monoisotopic (exact) mass is 275 g/mol. The summed E-state index contributed by atoms with van der Waals surface area (Å²) in [5.74, 6) is 0.568. The van der Waals surface area contributed by atoms with Crippen molar-refractivity contribution in [3.05, 3.63) is 30.1 Å². The zero-order valence-electron chi connectivity index (χ0n) is 11.8. The maximum absolute atomic E-state index is 10.4. The van der Waals surface area contributed by atoms with Crippen LogP contribution < -0.4 is 4.74 Å². The highest BCUT2D eigenvalue weighted by Crippen LogP contribution is 2.29. The number of carboxylic acids is 1. The van der Waals surface area contributed by atoms with Gasteiger partial charge in [0.15, 0.2) is 0 Å². The Labute approximate surface area is 119 Å². The zero-order valence-corrected chi connectivity index (χ0v) is 11.8. The number of ether oxygens (including phenoxy) is 1. The number of hydrogen-bond acceptors (Lipinski definition) is 3. The van der Waals surface area contributed by atoms with Crippen LogP contribution in [-0.2, 0) is 4.79 Å². The van der Waals surface area contributed by atoms with Crippen LogP contribution in [0.15, 0.2) is 24.4 Å². The molecule has 0 saturated heterocycles. The summed E-state index contributed by atoms with van der Waals surface area (Å²) >= 11 is 0. The van der Waals surface area contributed by atoms with Crippen LogP contribution in [0.5, 0.6) is 5.75 Å². The molecule has 2 unspecified atom stereocenters. The molecule has 0 bridgehead atoms.